The molecule has 12 heteroatoms. The maximum absolute atomic E-state index is 13.0. The zero-order valence-corrected chi connectivity index (χ0v) is 52.2. The summed E-state index contributed by atoms with van der Waals surface area (Å²) in [7, 11) is 0. The molecule has 0 radical (unpaired) electrons. The predicted molar refractivity (Wildman–Crippen MR) is 339 cm³/mol. The molecule has 0 amide bonds. The molecule has 12 nitrogen and oxygen atoms in total. The van der Waals surface area contributed by atoms with E-state index in [0.29, 0.717) is 122 Å². The monoisotopic (exact) mass is 1160 g/mol. The number of phenolic OH excluding ortho intramolecular Hbond substituents is 8. The molecular formula is C72H104O12. The van der Waals surface area contributed by atoms with Crippen molar-refractivity contribution in [2.45, 2.75) is 208 Å². The highest BCUT2D eigenvalue weighted by Crippen LogP contribution is 2.56. The molecule has 4 aromatic carbocycles. The lowest BCUT2D eigenvalue weighted by Crippen LogP contribution is -2.16. The lowest BCUT2D eigenvalue weighted by Gasteiger charge is -2.33. The Balaban J connectivity index is 2.08. The van der Waals surface area contributed by atoms with Crippen molar-refractivity contribution in [3.05, 3.63) is 142 Å². The molecule has 0 aliphatic heterocycles. The van der Waals surface area contributed by atoms with Crippen molar-refractivity contribution < 1.29 is 59.8 Å². The molecule has 8 N–H and O–H groups in total. The van der Waals surface area contributed by atoms with Crippen LogP contribution in [0, 0.1) is 23.7 Å². The van der Waals surface area contributed by atoms with Gasteiger partial charge in [0.25, 0.3) is 0 Å². The van der Waals surface area contributed by atoms with Gasteiger partial charge in [-0.3, -0.25) is 0 Å². The molecule has 0 spiro atoms. The summed E-state index contributed by atoms with van der Waals surface area (Å²) in [5.74, 6) is -4.97. The van der Waals surface area contributed by atoms with Gasteiger partial charge in [0.1, 0.15) is 46.0 Å². The summed E-state index contributed by atoms with van der Waals surface area (Å²) >= 11 is 0. The van der Waals surface area contributed by atoms with Gasteiger partial charge in [-0.05, 0) is 151 Å². The molecule has 5 rings (SSSR count). The van der Waals surface area contributed by atoms with E-state index in [2.05, 4.69) is 81.7 Å². The van der Waals surface area contributed by atoms with Crippen LogP contribution >= 0.6 is 0 Å². The molecule has 0 unspecified atom stereocenters. The van der Waals surface area contributed by atoms with Crippen molar-refractivity contribution in [3.63, 3.8) is 0 Å². The molecule has 0 atom stereocenters. The number of phenols is 8. The van der Waals surface area contributed by atoms with E-state index in [1.54, 1.807) is 24.3 Å². The SMILES string of the molecule is C=CCCCCOCc1c(O)c2cc(c1O)C(CC(C)C)c1cc(c(O)c(COCCCCC=C)c1O)C(CC(C)C)c1cc(c(O)c(COCCCCC=C)c1O)C(CC(C)C)c1cc(c(O)c(COCCCCC=C)c1O)C2CC(C)C. The molecule has 0 saturated carbocycles. The average molecular weight is 1160 g/mol. The van der Waals surface area contributed by atoms with Crippen molar-refractivity contribution >= 4 is 0 Å². The Labute approximate surface area is 503 Å². The second kappa shape index (κ2) is 34.3. The summed E-state index contributed by atoms with van der Waals surface area (Å²) < 4.78 is 25.3. The van der Waals surface area contributed by atoms with E-state index in [1.165, 1.54) is 0 Å². The van der Waals surface area contributed by atoms with E-state index in [9.17, 15) is 40.9 Å². The van der Waals surface area contributed by atoms with Gasteiger partial charge in [0.15, 0.2) is 0 Å². The molecule has 0 saturated heterocycles. The van der Waals surface area contributed by atoms with Crippen LogP contribution < -0.4 is 0 Å². The summed E-state index contributed by atoms with van der Waals surface area (Å²) in [6, 6.07) is 7.20. The lowest BCUT2D eigenvalue weighted by molar-refractivity contribution is 0.113. The highest BCUT2D eigenvalue weighted by molar-refractivity contribution is 5.67. The third kappa shape index (κ3) is 18.1. The number of hydrogen-bond donors (Lipinski definition) is 8. The molecule has 4 aromatic rings. The predicted octanol–water partition coefficient (Wildman–Crippen LogP) is 17.8. The van der Waals surface area contributed by atoms with Crippen molar-refractivity contribution in [1.82, 2.24) is 0 Å². The molecule has 0 heterocycles. The third-order valence-electron chi connectivity index (χ3n) is 16.3. The second-order valence-corrected chi connectivity index (χ2v) is 25.0. The smallest absolute Gasteiger partial charge is 0.128 e. The lowest BCUT2D eigenvalue weighted by atomic mass is 9.73. The summed E-state index contributed by atoms with van der Waals surface area (Å²) in [5, 5.41) is 104. The summed E-state index contributed by atoms with van der Waals surface area (Å²) in [5.41, 5.74) is 3.76. The van der Waals surface area contributed by atoms with E-state index in [0.717, 1.165) is 51.4 Å². The molecule has 464 valence electrons. The fourth-order valence-electron chi connectivity index (χ4n) is 12.0. The van der Waals surface area contributed by atoms with Gasteiger partial charge in [-0.1, -0.05) is 79.7 Å². The quantitative estimate of drug-likeness (QED) is 0.0159. The van der Waals surface area contributed by atoms with Gasteiger partial charge in [0.2, 0.25) is 0 Å². The van der Waals surface area contributed by atoms with Crippen molar-refractivity contribution in [1.29, 1.82) is 0 Å². The van der Waals surface area contributed by atoms with Crippen LogP contribution in [-0.4, -0.2) is 67.3 Å². The molecule has 8 bridgehead atoms. The minimum atomic E-state index is -0.785. The van der Waals surface area contributed by atoms with Crippen LogP contribution in [0.15, 0.2) is 74.9 Å². The first-order valence-electron chi connectivity index (χ1n) is 31.3. The highest BCUT2D eigenvalue weighted by atomic mass is 16.5. The number of allylic oxidation sites excluding steroid dienone is 4. The number of aromatic hydroxyl groups is 8. The Kier molecular flexibility index (Phi) is 28.1. The highest BCUT2D eigenvalue weighted by Gasteiger charge is 2.38. The van der Waals surface area contributed by atoms with Gasteiger partial charge in [0, 0.05) is 94.6 Å². The largest absolute Gasteiger partial charge is 0.507 e. The molecular weight excluding hydrogens is 1060 g/mol. The first kappa shape index (κ1) is 68.9. The normalized spacial score (nSPS) is 16.0. The molecule has 1 aliphatic rings. The van der Waals surface area contributed by atoms with E-state index in [4.69, 9.17) is 18.9 Å². The Hall–Kier alpha value is -5.92. The van der Waals surface area contributed by atoms with Crippen LogP contribution in [0.3, 0.4) is 0 Å². The summed E-state index contributed by atoms with van der Waals surface area (Å²) in [6.07, 6.45) is 18.4. The van der Waals surface area contributed by atoms with E-state index in [1.807, 2.05) is 24.3 Å². The maximum atomic E-state index is 13.0. The van der Waals surface area contributed by atoms with E-state index >= 15 is 0 Å². The standard InChI is InChI=1S/C72H104O12/c1-13-17-21-25-29-81-41-61-65(73)53-37-54(66(61)74)50(34-46(7)8)56-39-58(70(78)63(68(56)76)43-83-31-27-23-19-15-3)52(36-48(11)12)60-40-59(71(79)64(72(60)80)44-84-32-28-24-20-16-4)51(35-47(9)10)57-38-55(49(53)33-45(5)6)67(75)62(69(57)77)42-82-30-26-22-18-14-2/h13-16,37-40,45-52,73-80H,1-4,17-36,41-44H2,5-12H3. The molecule has 84 heavy (non-hydrogen) atoms. The van der Waals surface area contributed by atoms with Gasteiger partial charge in [0.05, 0.1) is 48.7 Å². The Morgan fingerprint density at radius 1 is 0.310 bits per heavy atom. The topological polar surface area (TPSA) is 199 Å². The van der Waals surface area contributed by atoms with Crippen LogP contribution in [0.2, 0.25) is 0 Å². The first-order chi connectivity index (χ1) is 40.2. The first-order valence-corrected chi connectivity index (χ1v) is 31.3. The van der Waals surface area contributed by atoms with Crippen LogP contribution in [0.5, 0.6) is 46.0 Å². The summed E-state index contributed by atoms with van der Waals surface area (Å²) in [6.45, 7) is 32.6. The number of rotatable bonds is 36. The number of unbranched alkanes of at least 4 members (excludes halogenated alkanes) is 8. The van der Waals surface area contributed by atoms with Gasteiger partial charge in [-0.15, -0.1) is 26.3 Å². The second-order valence-electron chi connectivity index (χ2n) is 25.0. The maximum Gasteiger partial charge on any atom is 0.128 e. The van der Waals surface area contributed by atoms with Crippen LogP contribution in [-0.2, 0) is 45.4 Å². The van der Waals surface area contributed by atoms with Gasteiger partial charge >= 0.3 is 0 Å². The third-order valence-corrected chi connectivity index (χ3v) is 16.3. The zero-order chi connectivity index (χ0) is 61.6. The van der Waals surface area contributed by atoms with Crippen molar-refractivity contribution in [2.24, 2.45) is 23.7 Å². The van der Waals surface area contributed by atoms with Crippen molar-refractivity contribution in [2.75, 3.05) is 26.4 Å². The molecule has 1 aliphatic carbocycles. The number of fused-ring (bicyclic) bond motifs is 8. The van der Waals surface area contributed by atoms with Gasteiger partial charge in [-0.2, -0.15) is 0 Å². The molecule has 0 fully saturated rings. The van der Waals surface area contributed by atoms with E-state index < -0.39 is 23.7 Å². The number of benzene rings is 4. The minimum absolute atomic E-state index is 0.0371. The Bertz CT molecular complexity index is 2280. The van der Waals surface area contributed by atoms with Crippen LogP contribution in [0.1, 0.15) is 249 Å². The Morgan fingerprint density at radius 2 is 0.476 bits per heavy atom. The van der Waals surface area contributed by atoms with E-state index in [-0.39, 0.29) is 118 Å². The van der Waals surface area contributed by atoms with Gasteiger partial charge in [-0.25, -0.2) is 0 Å². The average Bonchev–Trinajstić information content (AvgIpc) is 2.98. The summed E-state index contributed by atoms with van der Waals surface area (Å²) in [4.78, 5) is 0. The van der Waals surface area contributed by atoms with Crippen LogP contribution in [0.25, 0.3) is 0 Å². The fourth-order valence-corrected chi connectivity index (χ4v) is 12.0. The van der Waals surface area contributed by atoms with Gasteiger partial charge < -0.3 is 59.8 Å². The minimum Gasteiger partial charge on any atom is -0.507 e. The van der Waals surface area contributed by atoms with Crippen LogP contribution in [0.4, 0.5) is 0 Å². The Morgan fingerprint density at radius 3 is 0.619 bits per heavy atom. The molecule has 0 aromatic heterocycles. The van der Waals surface area contributed by atoms with Crippen molar-refractivity contribution in [3.8, 4) is 46.0 Å². The zero-order valence-electron chi connectivity index (χ0n) is 52.2. The number of ether oxygens (including phenoxy) is 4. The fraction of sp³-hybridized carbons (Fsp3) is 0.556. The number of hydrogen-bond acceptors (Lipinski definition) is 12.